The Labute approximate surface area is 160 Å². The minimum absolute atomic E-state index is 0.0959. The van der Waals surface area contributed by atoms with Gasteiger partial charge in [0.15, 0.2) is 5.65 Å². The molecule has 1 aliphatic rings. The lowest BCUT2D eigenvalue weighted by Crippen LogP contribution is -2.41. The minimum Gasteiger partial charge on any atom is -0.481 e. The van der Waals surface area contributed by atoms with Crippen LogP contribution in [0.5, 0.6) is 11.8 Å². The molecule has 146 valence electrons. The monoisotopic (exact) mass is 384 g/mol. The third kappa shape index (κ3) is 3.28. The van der Waals surface area contributed by atoms with Gasteiger partial charge in [-0.3, -0.25) is 0 Å². The third-order valence-corrected chi connectivity index (χ3v) is 4.79. The smallest absolute Gasteiger partial charge is 0.407 e. The van der Waals surface area contributed by atoms with Crippen molar-refractivity contribution in [3.63, 3.8) is 0 Å². The van der Waals surface area contributed by atoms with E-state index >= 15 is 0 Å². The number of likely N-dealkylation sites (tertiary alicyclic amines) is 1. The maximum atomic E-state index is 11.0. The van der Waals surface area contributed by atoms with Crippen molar-refractivity contribution in [3.8, 4) is 17.4 Å². The fraction of sp³-hybridized carbons (Fsp3) is 0.389. The lowest BCUT2D eigenvalue weighted by atomic mass is 10.1. The number of carbonyl (C=O) groups is 1. The number of amides is 1. The summed E-state index contributed by atoms with van der Waals surface area (Å²) in [6.07, 6.45) is 3.35. The number of piperidine rings is 1. The Hall–Kier alpha value is -3.43. The van der Waals surface area contributed by atoms with Gasteiger partial charge in [-0.15, -0.1) is 0 Å². The van der Waals surface area contributed by atoms with Gasteiger partial charge in [0.05, 0.1) is 24.7 Å². The molecule has 28 heavy (non-hydrogen) atoms. The zero-order valence-electron chi connectivity index (χ0n) is 15.6. The maximum absolute atomic E-state index is 11.0. The highest BCUT2D eigenvalue weighted by atomic mass is 16.5. The molecule has 4 heterocycles. The summed E-state index contributed by atoms with van der Waals surface area (Å²) in [4.78, 5) is 25.4. The van der Waals surface area contributed by atoms with Crippen LogP contribution in [0.4, 0.5) is 4.79 Å². The van der Waals surface area contributed by atoms with E-state index in [1.165, 1.54) is 11.2 Å². The van der Waals surface area contributed by atoms with Gasteiger partial charge in [0, 0.05) is 32.0 Å². The predicted octanol–water partition coefficient (Wildman–Crippen LogP) is 2.05. The predicted molar refractivity (Wildman–Crippen MR) is 99.0 cm³/mol. The van der Waals surface area contributed by atoms with Gasteiger partial charge in [0.1, 0.15) is 17.8 Å². The van der Waals surface area contributed by atoms with Crippen molar-refractivity contribution in [1.82, 2.24) is 29.6 Å². The molecular formula is C18H20N6O4. The van der Waals surface area contributed by atoms with Gasteiger partial charge in [-0.1, -0.05) is 0 Å². The van der Waals surface area contributed by atoms with E-state index in [2.05, 4.69) is 20.1 Å². The molecule has 0 atom stereocenters. The van der Waals surface area contributed by atoms with Gasteiger partial charge in [-0.25, -0.2) is 24.4 Å². The van der Waals surface area contributed by atoms with Gasteiger partial charge >= 0.3 is 6.09 Å². The number of hydrogen-bond acceptors (Lipinski definition) is 7. The van der Waals surface area contributed by atoms with Gasteiger partial charge in [0.25, 0.3) is 0 Å². The number of aryl methyl sites for hydroxylation is 1. The van der Waals surface area contributed by atoms with E-state index in [-0.39, 0.29) is 6.10 Å². The number of fused-ring (bicyclic) bond motifs is 1. The first-order valence-electron chi connectivity index (χ1n) is 8.92. The summed E-state index contributed by atoms with van der Waals surface area (Å²) in [6, 6.07) is 3.64. The second-order valence-corrected chi connectivity index (χ2v) is 6.52. The minimum atomic E-state index is -0.896. The van der Waals surface area contributed by atoms with Crippen molar-refractivity contribution < 1.29 is 19.4 Å². The highest BCUT2D eigenvalue weighted by Gasteiger charge is 2.25. The van der Waals surface area contributed by atoms with E-state index in [1.807, 2.05) is 13.0 Å². The van der Waals surface area contributed by atoms with E-state index < -0.39 is 6.09 Å². The van der Waals surface area contributed by atoms with Gasteiger partial charge in [-0.05, 0) is 13.0 Å². The number of hydrogen-bond donors (Lipinski definition) is 1. The van der Waals surface area contributed by atoms with Crippen LogP contribution in [0.1, 0.15) is 18.5 Å². The quantitative estimate of drug-likeness (QED) is 0.727. The van der Waals surface area contributed by atoms with Crippen molar-refractivity contribution in [2.24, 2.45) is 0 Å². The normalized spacial score (nSPS) is 15.0. The molecule has 0 radical (unpaired) electrons. The van der Waals surface area contributed by atoms with Crippen molar-refractivity contribution in [3.05, 3.63) is 30.4 Å². The van der Waals surface area contributed by atoms with Crippen molar-refractivity contribution in [2.45, 2.75) is 25.9 Å². The zero-order chi connectivity index (χ0) is 19.7. The first kappa shape index (κ1) is 18.0. The molecule has 10 nitrogen and oxygen atoms in total. The largest absolute Gasteiger partial charge is 0.481 e. The Morgan fingerprint density at radius 2 is 2.04 bits per heavy atom. The molecule has 1 aliphatic heterocycles. The Balaban J connectivity index is 1.60. The fourth-order valence-electron chi connectivity index (χ4n) is 3.28. The van der Waals surface area contributed by atoms with E-state index in [4.69, 9.17) is 14.6 Å². The zero-order valence-corrected chi connectivity index (χ0v) is 15.6. The number of nitrogens with zero attached hydrogens (tertiary/aromatic N) is 6. The molecule has 3 aromatic heterocycles. The van der Waals surface area contributed by atoms with Crippen LogP contribution in [0.2, 0.25) is 0 Å². The first-order chi connectivity index (χ1) is 13.6. The second kappa shape index (κ2) is 7.29. The highest BCUT2D eigenvalue weighted by molar-refractivity contribution is 5.81. The van der Waals surface area contributed by atoms with Crippen LogP contribution in [0, 0.1) is 6.92 Å². The van der Waals surface area contributed by atoms with E-state index in [0.29, 0.717) is 48.7 Å². The Morgan fingerprint density at radius 3 is 2.71 bits per heavy atom. The van der Waals surface area contributed by atoms with Crippen LogP contribution in [-0.2, 0) is 0 Å². The van der Waals surface area contributed by atoms with Crippen LogP contribution in [0.15, 0.2) is 24.7 Å². The number of ether oxygens (including phenoxy) is 2. The molecule has 0 bridgehead atoms. The molecule has 0 unspecified atom stereocenters. The van der Waals surface area contributed by atoms with Crippen molar-refractivity contribution >= 4 is 17.1 Å². The lowest BCUT2D eigenvalue weighted by Gasteiger charge is -2.29. The molecule has 0 aromatic carbocycles. The molecule has 0 aliphatic carbocycles. The van der Waals surface area contributed by atoms with Gasteiger partial charge < -0.3 is 19.5 Å². The summed E-state index contributed by atoms with van der Waals surface area (Å²) in [5, 5.41) is 14.2. The van der Waals surface area contributed by atoms with Crippen LogP contribution < -0.4 is 9.47 Å². The number of carboxylic acid groups (broad SMARTS) is 1. The van der Waals surface area contributed by atoms with Crippen LogP contribution in [-0.4, -0.2) is 67.1 Å². The lowest BCUT2D eigenvalue weighted by molar-refractivity contribution is 0.0879. The molecule has 1 saturated heterocycles. The van der Waals surface area contributed by atoms with Crippen molar-refractivity contribution in [1.29, 1.82) is 0 Å². The number of pyridine rings is 1. The Morgan fingerprint density at radius 1 is 1.25 bits per heavy atom. The maximum Gasteiger partial charge on any atom is 0.407 e. The summed E-state index contributed by atoms with van der Waals surface area (Å²) in [6.45, 7) is 2.77. The molecule has 0 saturated carbocycles. The molecule has 1 amide bonds. The molecule has 10 heteroatoms. The number of methoxy groups -OCH3 is 1. The van der Waals surface area contributed by atoms with Gasteiger partial charge in [-0.2, -0.15) is 5.10 Å². The molecule has 0 spiro atoms. The van der Waals surface area contributed by atoms with Crippen LogP contribution >= 0.6 is 0 Å². The van der Waals surface area contributed by atoms with E-state index in [0.717, 1.165) is 11.4 Å². The fourth-order valence-corrected chi connectivity index (χ4v) is 3.28. The van der Waals surface area contributed by atoms with Gasteiger partial charge in [0.2, 0.25) is 11.8 Å². The molecular weight excluding hydrogens is 364 g/mol. The van der Waals surface area contributed by atoms with Crippen LogP contribution in [0.25, 0.3) is 16.7 Å². The molecule has 3 aromatic rings. The van der Waals surface area contributed by atoms with E-state index in [9.17, 15) is 4.79 Å². The van der Waals surface area contributed by atoms with Crippen LogP contribution in [0.3, 0.4) is 0 Å². The third-order valence-electron chi connectivity index (χ3n) is 4.79. The van der Waals surface area contributed by atoms with Crippen molar-refractivity contribution in [2.75, 3.05) is 20.2 Å². The summed E-state index contributed by atoms with van der Waals surface area (Å²) in [5.41, 5.74) is 2.16. The Bertz CT molecular complexity index is 1010. The summed E-state index contributed by atoms with van der Waals surface area (Å²) >= 11 is 0. The number of aromatic nitrogens is 5. The molecule has 4 rings (SSSR count). The summed E-state index contributed by atoms with van der Waals surface area (Å²) < 4.78 is 12.9. The summed E-state index contributed by atoms with van der Waals surface area (Å²) in [5.74, 6) is 0.980. The van der Waals surface area contributed by atoms with E-state index in [1.54, 1.807) is 24.1 Å². The molecule has 1 N–H and O–H groups in total. The average Bonchev–Trinajstić information content (AvgIpc) is 3.13. The SMILES string of the molecule is COc1ccc(-n2ncc3c(OC4CCN(C(=O)O)CC4)ncnc32)c(C)n1. The topological polar surface area (TPSA) is 115 Å². The average molecular weight is 384 g/mol. The summed E-state index contributed by atoms with van der Waals surface area (Å²) in [7, 11) is 1.57. The first-order valence-corrected chi connectivity index (χ1v) is 8.92. The highest BCUT2D eigenvalue weighted by Crippen LogP contribution is 2.27. The standard InChI is InChI=1S/C18H20N6O4/c1-11-14(3-4-15(22-11)27-2)24-16-13(9-21-24)17(20-10-19-16)28-12-5-7-23(8-6-12)18(25)26/h3-4,9-10,12H,5-8H2,1-2H3,(H,25,26). The second-order valence-electron chi connectivity index (χ2n) is 6.52. The number of rotatable bonds is 4. The Kier molecular flexibility index (Phi) is 4.68. The molecule has 1 fully saturated rings.